The van der Waals surface area contributed by atoms with Gasteiger partial charge in [0.15, 0.2) is 0 Å². The summed E-state index contributed by atoms with van der Waals surface area (Å²) >= 11 is 0. The van der Waals surface area contributed by atoms with Crippen molar-refractivity contribution in [3.05, 3.63) is 72.2 Å². The van der Waals surface area contributed by atoms with Gasteiger partial charge in [0.05, 0.1) is 17.0 Å². The van der Waals surface area contributed by atoms with Gasteiger partial charge in [-0.3, -0.25) is 15.0 Å². The van der Waals surface area contributed by atoms with E-state index in [1.165, 1.54) is 34.2 Å². The molecule has 1 amide bonds. The fourth-order valence-electron chi connectivity index (χ4n) is 3.79. The summed E-state index contributed by atoms with van der Waals surface area (Å²) < 4.78 is 27.6. The zero-order chi connectivity index (χ0) is 24.3. The van der Waals surface area contributed by atoms with Crippen molar-refractivity contribution >= 4 is 21.7 Å². The number of benzene rings is 1. The minimum absolute atomic E-state index is 0.0302. The smallest absolute Gasteiger partial charge is 0.293 e. The first kappa shape index (κ1) is 23.8. The Morgan fingerprint density at radius 1 is 1.09 bits per heavy atom. The number of nitrogens with one attached hydrogen (secondary N) is 2. The van der Waals surface area contributed by atoms with E-state index < -0.39 is 22.0 Å². The monoisotopic (exact) mass is 483 g/mol. The van der Waals surface area contributed by atoms with Gasteiger partial charge in [-0.2, -0.15) is 4.31 Å². The zero-order valence-electron chi connectivity index (χ0n) is 18.4. The average Bonchev–Trinajstić information content (AvgIpc) is 2.86. The van der Waals surface area contributed by atoms with Gasteiger partial charge in [-0.05, 0) is 60.4 Å². The van der Waals surface area contributed by atoms with E-state index in [2.05, 4.69) is 15.3 Å². The van der Waals surface area contributed by atoms with E-state index in [4.69, 9.17) is 5.21 Å². The lowest BCUT2D eigenvalue weighted by atomic mass is 10.0. The number of aliphatic hydroxyl groups is 1. The highest BCUT2D eigenvalue weighted by atomic mass is 32.2. The van der Waals surface area contributed by atoms with E-state index in [-0.39, 0.29) is 29.7 Å². The van der Waals surface area contributed by atoms with Gasteiger partial charge in [0, 0.05) is 25.5 Å². The van der Waals surface area contributed by atoms with Crippen LogP contribution < -0.4 is 10.8 Å². The number of hydrogen-bond acceptors (Lipinski definition) is 8. The Kier molecular flexibility index (Phi) is 6.89. The lowest BCUT2D eigenvalue weighted by Crippen LogP contribution is -2.51. The van der Waals surface area contributed by atoms with Crippen LogP contribution in [-0.2, 0) is 10.0 Å². The van der Waals surface area contributed by atoms with Crippen LogP contribution in [0.2, 0.25) is 0 Å². The number of carbonyl (C=O) groups is 1. The third-order valence-corrected chi connectivity index (χ3v) is 7.59. The predicted molar refractivity (Wildman–Crippen MR) is 125 cm³/mol. The van der Waals surface area contributed by atoms with Crippen LogP contribution in [0, 0.1) is 6.92 Å². The van der Waals surface area contributed by atoms with Crippen LogP contribution in [0.4, 0.5) is 5.82 Å². The SMILES string of the molecule is Cc1ccc(N[C@@H]2CCN(S(=O)(=O)c3ccc(-c4ccnc(C(=O)NO)c4)cc3)C[C@@H]2O)nc1. The van der Waals surface area contributed by atoms with Gasteiger partial charge in [0.25, 0.3) is 5.91 Å². The highest BCUT2D eigenvalue weighted by molar-refractivity contribution is 7.89. The van der Waals surface area contributed by atoms with Gasteiger partial charge in [-0.1, -0.05) is 18.2 Å². The molecule has 1 aliphatic heterocycles. The van der Waals surface area contributed by atoms with Crippen molar-refractivity contribution in [3.8, 4) is 11.1 Å². The van der Waals surface area contributed by atoms with E-state index in [1.54, 1.807) is 24.4 Å². The summed E-state index contributed by atoms with van der Waals surface area (Å²) in [6.07, 6.45) is 2.70. The first-order chi connectivity index (χ1) is 16.3. The lowest BCUT2D eigenvalue weighted by molar-refractivity contribution is 0.0701. The summed E-state index contributed by atoms with van der Waals surface area (Å²) in [5, 5.41) is 22.6. The summed E-state index contributed by atoms with van der Waals surface area (Å²) in [5.41, 5.74) is 3.91. The second-order valence-corrected chi connectivity index (χ2v) is 10.0. The summed E-state index contributed by atoms with van der Waals surface area (Å²) in [5.74, 6) is -0.104. The van der Waals surface area contributed by atoms with Crippen LogP contribution in [0.15, 0.2) is 65.8 Å². The lowest BCUT2D eigenvalue weighted by Gasteiger charge is -2.35. The number of hydrogen-bond donors (Lipinski definition) is 4. The number of sulfonamides is 1. The topological polar surface area (TPSA) is 145 Å². The van der Waals surface area contributed by atoms with Gasteiger partial charge in [-0.15, -0.1) is 0 Å². The molecule has 2 aromatic heterocycles. The number of β-amino-alcohol motifs (C(OH)–C–C–N with tert-alkyl or cyclic N) is 1. The quantitative estimate of drug-likeness (QED) is 0.307. The summed E-state index contributed by atoms with van der Waals surface area (Å²) in [6, 6.07) is 12.9. The van der Waals surface area contributed by atoms with Crippen molar-refractivity contribution in [2.45, 2.75) is 30.4 Å². The Bertz CT molecular complexity index is 1270. The van der Waals surface area contributed by atoms with Crippen molar-refractivity contribution in [2.75, 3.05) is 18.4 Å². The summed E-state index contributed by atoms with van der Waals surface area (Å²) in [6.45, 7) is 2.16. The molecule has 1 fully saturated rings. The van der Waals surface area contributed by atoms with Crippen LogP contribution in [0.1, 0.15) is 22.5 Å². The number of aryl methyl sites for hydroxylation is 1. The minimum atomic E-state index is -3.80. The number of pyridine rings is 2. The summed E-state index contributed by atoms with van der Waals surface area (Å²) in [4.78, 5) is 19.9. The Balaban J connectivity index is 1.45. The summed E-state index contributed by atoms with van der Waals surface area (Å²) in [7, 11) is -3.80. The standard InChI is InChI=1S/C23H25N5O5S/c1-15-2-7-22(25-13-15)26-19-9-11-28(14-21(19)29)34(32,33)18-5-3-16(4-6-18)17-8-10-24-20(12-17)23(30)27-31/h2-8,10,12-13,19,21,29,31H,9,11,14H2,1H3,(H,25,26)(H,27,30)/t19-,21+/m1/s1. The van der Waals surface area contributed by atoms with Crippen LogP contribution in [-0.4, -0.2) is 64.1 Å². The van der Waals surface area contributed by atoms with E-state index in [0.29, 0.717) is 23.4 Å². The van der Waals surface area contributed by atoms with Crippen molar-refractivity contribution in [2.24, 2.45) is 0 Å². The van der Waals surface area contributed by atoms with Gasteiger partial charge in [0.1, 0.15) is 11.5 Å². The molecule has 4 N–H and O–H groups in total. The molecule has 178 valence electrons. The van der Waals surface area contributed by atoms with Gasteiger partial charge >= 0.3 is 0 Å². The van der Waals surface area contributed by atoms with Crippen molar-refractivity contribution in [1.82, 2.24) is 19.8 Å². The number of aliphatic hydroxyl groups excluding tert-OH is 1. The molecular formula is C23H25N5O5S. The van der Waals surface area contributed by atoms with E-state index in [9.17, 15) is 18.3 Å². The highest BCUT2D eigenvalue weighted by Crippen LogP contribution is 2.26. The number of hydroxylamine groups is 1. The largest absolute Gasteiger partial charge is 0.390 e. The molecule has 3 heterocycles. The van der Waals surface area contributed by atoms with Gasteiger partial charge < -0.3 is 10.4 Å². The maximum Gasteiger partial charge on any atom is 0.293 e. The molecule has 1 saturated heterocycles. The Morgan fingerprint density at radius 2 is 1.85 bits per heavy atom. The number of amides is 1. The number of anilines is 1. The van der Waals surface area contributed by atoms with E-state index in [0.717, 1.165) is 5.56 Å². The molecule has 10 nitrogen and oxygen atoms in total. The van der Waals surface area contributed by atoms with Gasteiger partial charge in [-0.25, -0.2) is 18.9 Å². The number of nitrogens with zero attached hydrogens (tertiary/aromatic N) is 3. The predicted octanol–water partition coefficient (Wildman–Crippen LogP) is 1.81. The first-order valence-electron chi connectivity index (χ1n) is 10.7. The van der Waals surface area contributed by atoms with Crippen LogP contribution in [0.3, 0.4) is 0 Å². The van der Waals surface area contributed by atoms with Crippen LogP contribution in [0.25, 0.3) is 11.1 Å². The molecular weight excluding hydrogens is 458 g/mol. The molecule has 34 heavy (non-hydrogen) atoms. The normalized spacial score (nSPS) is 18.9. The zero-order valence-corrected chi connectivity index (χ0v) is 19.2. The number of aromatic nitrogens is 2. The second-order valence-electron chi connectivity index (χ2n) is 8.09. The van der Waals surface area contributed by atoms with Crippen molar-refractivity contribution < 1.29 is 23.5 Å². The first-order valence-corrected chi connectivity index (χ1v) is 12.1. The molecule has 0 unspecified atom stereocenters. The molecule has 0 radical (unpaired) electrons. The number of piperidine rings is 1. The maximum atomic E-state index is 13.2. The van der Waals surface area contributed by atoms with E-state index in [1.807, 2.05) is 19.1 Å². The Hall–Kier alpha value is -3.38. The third-order valence-electron chi connectivity index (χ3n) is 5.71. The minimum Gasteiger partial charge on any atom is -0.390 e. The molecule has 0 saturated carbocycles. The van der Waals surface area contributed by atoms with Crippen LogP contribution >= 0.6 is 0 Å². The number of rotatable bonds is 6. The fraction of sp³-hybridized carbons (Fsp3) is 0.261. The molecule has 0 spiro atoms. The van der Waals surface area contributed by atoms with Gasteiger partial charge in [0.2, 0.25) is 10.0 Å². The third kappa shape index (κ3) is 5.07. The van der Waals surface area contributed by atoms with E-state index >= 15 is 0 Å². The fourth-order valence-corrected chi connectivity index (χ4v) is 5.27. The molecule has 1 aromatic carbocycles. The average molecular weight is 484 g/mol. The van der Waals surface area contributed by atoms with Crippen molar-refractivity contribution in [3.63, 3.8) is 0 Å². The molecule has 11 heteroatoms. The Morgan fingerprint density at radius 3 is 2.50 bits per heavy atom. The second kappa shape index (κ2) is 9.85. The molecule has 0 aliphatic carbocycles. The molecule has 2 atom stereocenters. The highest BCUT2D eigenvalue weighted by Gasteiger charge is 2.34. The number of carbonyl (C=O) groups excluding carboxylic acids is 1. The van der Waals surface area contributed by atoms with Crippen molar-refractivity contribution in [1.29, 1.82) is 0 Å². The Labute approximate surface area is 197 Å². The van der Waals surface area contributed by atoms with Crippen LogP contribution in [0.5, 0.6) is 0 Å². The molecule has 0 bridgehead atoms. The molecule has 4 rings (SSSR count). The molecule has 1 aliphatic rings. The maximum absolute atomic E-state index is 13.2. The molecule has 3 aromatic rings.